The van der Waals surface area contributed by atoms with E-state index in [4.69, 9.17) is 11.6 Å². The number of hydrogen-bond acceptors (Lipinski definition) is 1. The van der Waals surface area contributed by atoms with Crippen LogP contribution in [-0.2, 0) is 6.42 Å². The van der Waals surface area contributed by atoms with E-state index in [1.54, 1.807) is 12.1 Å². The molecular formula is C15H13ClF2O. The summed E-state index contributed by atoms with van der Waals surface area (Å²) in [6.45, 7) is -2.80. The van der Waals surface area contributed by atoms with Crippen molar-refractivity contribution in [1.29, 1.82) is 0 Å². The minimum Gasteiger partial charge on any atom is -0.435 e. The van der Waals surface area contributed by atoms with Gasteiger partial charge in [0.1, 0.15) is 5.75 Å². The predicted octanol–water partition coefficient (Wildman–Crippen LogP) is 4.81. The van der Waals surface area contributed by atoms with Crippen LogP contribution in [0.25, 0.3) is 0 Å². The van der Waals surface area contributed by atoms with E-state index in [9.17, 15) is 8.78 Å². The van der Waals surface area contributed by atoms with Crippen LogP contribution in [0.5, 0.6) is 5.75 Å². The Morgan fingerprint density at radius 3 is 2.16 bits per heavy atom. The summed E-state index contributed by atoms with van der Waals surface area (Å²) < 4.78 is 28.3. The molecule has 1 nitrogen and oxygen atoms in total. The molecule has 1 atom stereocenters. The quantitative estimate of drug-likeness (QED) is 0.715. The highest BCUT2D eigenvalue weighted by molar-refractivity contribution is 6.20. The second-order valence-electron chi connectivity index (χ2n) is 4.10. The van der Waals surface area contributed by atoms with Gasteiger partial charge in [-0.25, -0.2) is 0 Å². The Hall–Kier alpha value is -1.61. The van der Waals surface area contributed by atoms with Crippen LogP contribution in [-0.4, -0.2) is 6.61 Å². The van der Waals surface area contributed by atoms with E-state index in [1.807, 2.05) is 30.3 Å². The van der Waals surface area contributed by atoms with Crippen LogP contribution in [0.15, 0.2) is 54.6 Å². The van der Waals surface area contributed by atoms with E-state index < -0.39 is 6.61 Å². The van der Waals surface area contributed by atoms with Gasteiger partial charge in [-0.1, -0.05) is 42.5 Å². The van der Waals surface area contributed by atoms with Crippen LogP contribution in [0.4, 0.5) is 8.78 Å². The molecule has 0 fully saturated rings. The van der Waals surface area contributed by atoms with Gasteiger partial charge in [0.2, 0.25) is 0 Å². The minimum atomic E-state index is -2.80. The average Bonchev–Trinajstić information content (AvgIpc) is 2.40. The summed E-state index contributed by atoms with van der Waals surface area (Å²) in [5.41, 5.74) is 2.02. The molecule has 0 amide bonds. The monoisotopic (exact) mass is 282 g/mol. The zero-order chi connectivity index (χ0) is 13.7. The average molecular weight is 283 g/mol. The maximum Gasteiger partial charge on any atom is 0.387 e. The zero-order valence-corrected chi connectivity index (χ0v) is 10.9. The molecule has 0 heterocycles. The molecule has 100 valence electrons. The van der Waals surface area contributed by atoms with Crippen molar-refractivity contribution in [3.8, 4) is 5.75 Å². The van der Waals surface area contributed by atoms with E-state index in [1.165, 1.54) is 12.1 Å². The third kappa shape index (κ3) is 4.21. The van der Waals surface area contributed by atoms with Crippen molar-refractivity contribution < 1.29 is 13.5 Å². The fourth-order valence-corrected chi connectivity index (χ4v) is 2.12. The summed E-state index contributed by atoms with van der Waals surface area (Å²) in [4.78, 5) is 0. The van der Waals surface area contributed by atoms with Gasteiger partial charge >= 0.3 is 6.61 Å². The van der Waals surface area contributed by atoms with Gasteiger partial charge in [-0.2, -0.15) is 8.78 Å². The standard InChI is InChI=1S/C15H13ClF2O/c16-14(10-11-4-2-1-3-5-11)12-6-8-13(9-7-12)19-15(17)18/h1-9,14-15H,10H2. The van der Waals surface area contributed by atoms with Crippen molar-refractivity contribution in [2.24, 2.45) is 0 Å². The van der Waals surface area contributed by atoms with E-state index in [0.29, 0.717) is 6.42 Å². The molecule has 0 aliphatic carbocycles. The molecule has 0 saturated carbocycles. The fraction of sp³-hybridized carbons (Fsp3) is 0.200. The molecule has 2 aromatic rings. The SMILES string of the molecule is FC(F)Oc1ccc(C(Cl)Cc2ccccc2)cc1. The van der Waals surface area contributed by atoms with Gasteiger partial charge < -0.3 is 4.74 Å². The molecule has 0 bridgehead atoms. The van der Waals surface area contributed by atoms with Crippen molar-refractivity contribution in [1.82, 2.24) is 0 Å². The van der Waals surface area contributed by atoms with Crippen molar-refractivity contribution in [3.63, 3.8) is 0 Å². The molecule has 1 unspecified atom stereocenters. The molecule has 0 saturated heterocycles. The number of ether oxygens (including phenoxy) is 1. The molecule has 19 heavy (non-hydrogen) atoms. The molecule has 0 N–H and O–H groups in total. The summed E-state index contributed by atoms with van der Waals surface area (Å²) >= 11 is 6.31. The Balaban J connectivity index is 2.01. The molecule has 0 radical (unpaired) electrons. The van der Waals surface area contributed by atoms with Crippen molar-refractivity contribution in [2.75, 3.05) is 0 Å². The molecular weight excluding hydrogens is 270 g/mol. The summed E-state index contributed by atoms with van der Waals surface area (Å²) in [5, 5.41) is -0.192. The lowest BCUT2D eigenvalue weighted by Gasteiger charge is -2.11. The third-order valence-electron chi connectivity index (χ3n) is 2.72. The first kappa shape index (κ1) is 13.8. The van der Waals surface area contributed by atoms with Gasteiger partial charge in [0.05, 0.1) is 5.38 Å². The number of alkyl halides is 3. The molecule has 0 aliphatic rings. The first-order chi connectivity index (χ1) is 9.15. The highest BCUT2D eigenvalue weighted by atomic mass is 35.5. The Morgan fingerprint density at radius 2 is 1.58 bits per heavy atom. The molecule has 0 spiro atoms. The van der Waals surface area contributed by atoms with Crippen LogP contribution in [0.3, 0.4) is 0 Å². The lowest BCUT2D eigenvalue weighted by Crippen LogP contribution is -2.02. The van der Waals surface area contributed by atoms with Gasteiger partial charge in [-0.05, 0) is 29.7 Å². The molecule has 2 aromatic carbocycles. The zero-order valence-electron chi connectivity index (χ0n) is 10.1. The fourth-order valence-electron chi connectivity index (χ4n) is 1.80. The summed E-state index contributed by atoms with van der Waals surface area (Å²) in [6.07, 6.45) is 0.692. The molecule has 2 rings (SSSR count). The lowest BCUT2D eigenvalue weighted by atomic mass is 10.0. The van der Waals surface area contributed by atoms with Crippen LogP contribution in [0.2, 0.25) is 0 Å². The first-order valence-corrected chi connectivity index (χ1v) is 6.31. The van der Waals surface area contributed by atoms with E-state index in [2.05, 4.69) is 4.74 Å². The highest BCUT2D eigenvalue weighted by Crippen LogP contribution is 2.27. The van der Waals surface area contributed by atoms with E-state index in [-0.39, 0.29) is 11.1 Å². The molecule has 0 aromatic heterocycles. The maximum atomic E-state index is 12.0. The number of rotatable bonds is 5. The number of halogens is 3. The predicted molar refractivity (Wildman–Crippen MR) is 71.8 cm³/mol. The van der Waals surface area contributed by atoms with Crippen LogP contribution in [0, 0.1) is 0 Å². The summed E-state index contributed by atoms with van der Waals surface area (Å²) in [7, 11) is 0. The normalized spacial score (nSPS) is 12.4. The summed E-state index contributed by atoms with van der Waals surface area (Å²) in [6, 6.07) is 16.3. The molecule has 4 heteroatoms. The maximum absolute atomic E-state index is 12.0. The van der Waals surface area contributed by atoms with Gasteiger partial charge in [0.15, 0.2) is 0 Å². The largest absolute Gasteiger partial charge is 0.435 e. The lowest BCUT2D eigenvalue weighted by molar-refractivity contribution is -0.0498. The smallest absolute Gasteiger partial charge is 0.387 e. The molecule has 0 aliphatic heterocycles. The van der Waals surface area contributed by atoms with Crippen LogP contribution >= 0.6 is 11.6 Å². The topological polar surface area (TPSA) is 9.23 Å². The summed E-state index contributed by atoms with van der Waals surface area (Å²) in [5.74, 6) is 0.141. The Labute approximate surface area is 115 Å². The van der Waals surface area contributed by atoms with Gasteiger partial charge in [-0.3, -0.25) is 0 Å². The van der Waals surface area contributed by atoms with E-state index in [0.717, 1.165) is 11.1 Å². The Morgan fingerprint density at radius 1 is 0.947 bits per heavy atom. The van der Waals surface area contributed by atoms with E-state index >= 15 is 0 Å². The van der Waals surface area contributed by atoms with Gasteiger partial charge in [0, 0.05) is 0 Å². The second kappa shape index (κ2) is 6.53. The van der Waals surface area contributed by atoms with Crippen LogP contribution in [0.1, 0.15) is 16.5 Å². The van der Waals surface area contributed by atoms with Crippen molar-refractivity contribution in [2.45, 2.75) is 18.4 Å². The number of hydrogen-bond donors (Lipinski definition) is 0. The second-order valence-corrected chi connectivity index (χ2v) is 4.63. The highest BCUT2D eigenvalue weighted by Gasteiger charge is 2.10. The Bertz CT molecular complexity index is 499. The van der Waals surface area contributed by atoms with Gasteiger partial charge in [0.25, 0.3) is 0 Å². The minimum absolute atomic E-state index is 0.141. The van der Waals surface area contributed by atoms with Gasteiger partial charge in [-0.15, -0.1) is 11.6 Å². The van der Waals surface area contributed by atoms with Crippen molar-refractivity contribution >= 4 is 11.6 Å². The Kier molecular flexibility index (Phi) is 4.74. The number of benzene rings is 2. The first-order valence-electron chi connectivity index (χ1n) is 5.88. The van der Waals surface area contributed by atoms with Crippen molar-refractivity contribution in [3.05, 3.63) is 65.7 Å². The van der Waals surface area contributed by atoms with Crippen LogP contribution < -0.4 is 4.74 Å². The third-order valence-corrected chi connectivity index (χ3v) is 3.13.